The highest BCUT2D eigenvalue weighted by atomic mass is 32.1. The standard InChI is InChI=1S/C23H31NOS2/c1-4-5-6-7-8-9-14-24-20(21-12-10-17(2)26-21)15-19(16-25)23(24)22-13-11-18(3)27-22/h10-13,15,25H,4-9,14,16H2,1-3H3. The summed E-state index contributed by atoms with van der Waals surface area (Å²) in [5.41, 5.74) is 3.51. The average molecular weight is 402 g/mol. The lowest BCUT2D eigenvalue weighted by Crippen LogP contribution is -2.02. The summed E-state index contributed by atoms with van der Waals surface area (Å²) >= 11 is 3.66. The Labute approximate surface area is 171 Å². The molecule has 0 bridgehead atoms. The largest absolute Gasteiger partial charge is 0.392 e. The summed E-state index contributed by atoms with van der Waals surface area (Å²) in [5, 5.41) is 10.0. The van der Waals surface area contributed by atoms with E-state index in [2.05, 4.69) is 55.7 Å². The molecule has 0 aromatic carbocycles. The number of aromatic nitrogens is 1. The number of hydrogen-bond donors (Lipinski definition) is 1. The molecule has 0 aliphatic rings. The Morgan fingerprint density at radius 1 is 0.852 bits per heavy atom. The molecule has 0 atom stereocenters. The molecule has 0 saturated carbocycles. The van der Waals surface area contributed by atoms with Crippen LogP contribution in [0.1, 0.15) is 60.8 Å². The van der Waals surface area contributed by atoms with Gasteiger partial charge in [0.1, 0.15) is 0 Å². The molecular weight excluding hydrogens is 370 g/mol. The maximum atomic E-state index is 10.0. The number of nitrogens with zero attached hydrogens (tertiary/aromatic N) is 1. The molecule has 4 heteroatoms. The number of thiophene rings is 2. The first kappa shape index (κ1) is 20.4. The van der Waals surface area contributed by atoms with E-state index in [1.165, 1.54) is 69.4 Å². The molecule has 1 N–H and O–H groups in total. The first-order valence-electron chi connectivity index (χ1n) is 10.1. The Balaban J connectivity index is 1.92. The average Bonchev–Trinajstić information content (AvgIpc) is 3.36. The topological polar surface area (TPSA) is 25.2 Å². The van der Waals surface area contributed by atoms with E-state index in [1.54, 1.807) is 0 Å². The molecular formula is C23H31NOS2. The molecule has 0 spiro atoms. The molecule has 2 nitrogen and oxygen atoms in total. The molecule has 0 saturated heterocycles. The van der Waals surface area contributed by atoms with E-state index in [-0.39, 0.29) is 6.61 Å². The van der Waals surface area contributed by atoms with Crippen LogP contribution in [0.4, 0.5) is 0 Å². The molecule has 0 fully saturated rings. The van der Waals surface area contributed by atoms with Crippen LogP contribution < -0.4 is 0 Å². The van der Waals surface area contributed by atoms with Crippen LogP contribution in [0.25, 0.3) is 21.1 Å². The van der Waals surface area contributed by atoms with Crippen molar-refractivity contribution in [2.75, 3.05) is 0 Å². The highest BCUT2D eigenvalue weighted by Crippen LogP contribution is 2.39. The molecule has 0 aliphatic heterocycles. The fourth-order valence-electron chi connectivity index (χ4n) is 3.64. The third-order valence-corrected chi connectivity index (χ3v) is 7.08. The van der Waals surface area contributed by atoms with E-state index in [4.69, 9.17) is 0 Å². The van der Waals surface area contributed by atoms with E-state index in [0.29, 0.717) is 0 Å². The van der Waals surface area contributed by atoms with Crippen molar-refractivity contribution in [2.24, 2.45) is 0 Å². The van der Waals surface area contributed by atoms with Gasteiger partial charge in [-0.1, -0.05) is 39.0 Å². The van der Waals surface area contributed by atoms with E-state index >= 15 is 0 Å². The maximum Gasteiger partial charge on any atom is 0.0703 e. The van der Waals surface area contributed by atoms with E-state index in [9.17, 15) is 5.11 Å². The number of aryl methyl sites for hydroxylation is 2. The SMILES string of the molecule is CCCCCCCCn1c(-c2ccc(C)s2)cc(CO)c1-c1ccc(C)s1. The number of aliphatic hydroxyl groups excluding tert-OH is 1. The Bertz CT molecular complexity index is 856. The Morgan fingerprint density at radius 2 is 1.48 bits per heavy atom. The van der Waals surface area contributed by atoms with E-state index < -0.39 is 0 Å². The third kappa shape index (κ3) is 4.92. The highest BCUT2D eigenvalue weighted by molar-refractivity contribution is 7.15. The van der Waals surface area contributed by atoms with Gasteiger partial charge in [-0.05, 0) is 50.6 Å². The molecule has 0 unspecified atom stereocenters. The Hall–Kier alpha value is -1.36. The van der Waals surface area contributed by atoms with Crippen molar-refractivity contribution in [1.82, 2.24) is 4.57 Å². The zero-order chi connectivity index (χ0) is 19.2. The van der Waals surface area contributed by atoms with Crippen LogP contribution in [-0.2, 0) is 13.2 Å². The monoisotopic (exact) mass is 401 g/mol. The lowest BCUT2D eigenvalue weighted by atomic mass is 10.1. The summed E-state index contributed by atoms with van der Waals surface area (Å²) < 4.78 is 2.46. The number of hydrogen-bond acceptors (Lipinski definition) is 3. The van der Waals surface area contributed by atoms with Crippen LogP contribution in [0.3, 0.4) is 0 Å². The normalized spacial score (nSPS) is 11.4. The predicted molar refractivity (Wildman–Crippen MR) is 120 cm³/mol. The zero-order valence-corrected chi connectivity index (χ0v) is 18.4. The van der Waals surface area contributed by atoms with Crippen molar-refractivity contribution in [3.8, 4) is 21.1 Å². The third-order valence-electron chi connectivity index (χ3n) is 5.05. The van der Waals surface area contributed by atoms with Crippen LogP contribution in [0.2, 0.25) is 0 Å². The second-order valence-corrected chi connectivity index (χ2v) is 9.88. The van der Waals surface area contributed by atoms with Crippen LogP contribution in [0.15, 0.2) is 30.3 Å². The molecule has 3 aromatic rings. The van der Waals surface area contributed by atoms with Gasteiger partial charge in [0.2, 0.25) is 0 Å². The molecule has 0 aliphatic carbocycles. The summed E-state index contributed by atoms with van der Waals surface area (Å²) in [4.78, 5) is 5.21. The van der Waals surface area contributed by atoms with Gasteiger partial charge in [0.25, 0.3) is 0 Å². The van der Waals surface area contributed by atoms with Crippen molar-refractivity contribution >= 4 is 22.7 Å². The highest BCUT2D eigenvalue weighted by Gasteiger charge is 2.19. The lowest BCUT2D eigenvalue weighted by Gasteiger charge is -2.13. The molecule has 3 aromatic heterocycles. The minimum Gasteiger partial charge on any atom is -0.392 e. The minimum absolute atomic E-state index is 0.0904. The van der Waals surface area contributed by atoms with Gasteiger partial charge in [0, 0.05) is 21.9 Å². The van der Waals surface area contributed by atoms with Crippen molar-refractivity contribution in [3.05, 3.63) is 45.6 Å². The van der Waals surface area contributed by atoms with Crippen LogP contribution in [0, 0.1) is 13.8 Å². The van der Waals surface area contributed by atoms with Gasteiger partial charge in [-0.15, -0.1) is 22.7 Å². The quantitative estimate of drug-likeness (QED) is 0.351. The zero-order valence-electron chi connectivity index (χ0n) is 16.8. The van der Waals surface area contributed by atoms with Gasteiger partial charge in [-0.3, -0.25) is 0 Å². The lowest BCUT2D eigenvalue weighted by molar-refractivity contribution is 0.282. The van der Waals surface area contributed by atoms with E-state index in [1.807, 2.05) is 22.7 Å². The Morgan fingerprint density at radius 3 is 2.07 bits per heavy atom. The second kappa shape index (κ2) is 9.72. The first-order valence-corrected chi connectivity index (χ1v) is 11.7. The molecule has 146 valence electrons. The molecule has 3 rings (SSSR count). The summed E-state index contributed by atoms with van der Waals surface area (Å²) in [6, 6.07) is 11.0. The number of unbranched alkanes of at least 4 members (excludes halogenated alkanes) is 5. The summed E-state index contributed by atoms with van der Waals surface area (Å²) in [7, 11) is 0. The number of aliphatic hydroxyl groups is 1. The predicted octanol–water partition coefficient (Wildman–Crippen LogP) is 7.41. The Kier molecular flexibility index (Phi) is 7.33. The van der Waals surface area contributed by atoms with Gasteiger partial charge in [-0.2, -0.15) is 0 Å². The fourth-order valence-corrected chi connectivity index (χ4v) is 5.49. The van der Waals surface area contributed by atoms with Crippen LogP contribution in [0.5, 0.6) is 0 Å². The molecule has 0 radical (unpaired) electrons. The van der Waals surface area contributed by atoms with Gasteiger partial charge < -0.3 is 9.67 Å². The van der Waals surface area contributed by atoms with Gasteiger partial charge in [0.15, 0.2) is 0 Å². The number of rotatable bonds is 10. The summed E-state index contributed by atoms with van der Waals surface area (Å²) in [6.07, 6.45) is 7.77. The van der Waals surface area contributed by atoms with Gasteiger partial charge in [-0.25, -0.2) is 0 Å². The molecule has 0 amide bonds. The summed E-state index contributed by atoms with van der Waals surface area (Å²) in [6.45, 7) is 7.68. The van der Waals surface area contributed by atoms with Gasteiger partial charge in [0.05, 0.1) is 27.7 Å². The molecule has 27 heavy (non-hydrogen) atoms. The van der Waals surface area contributed by atoms with Crippen molar-refractivity contribution < 1.29 is 5.11 Å². The van der Waals surface area contributed by atoms with Gasteiger partial charge >= 0.3 is 0 Å². The molecule has 3 heterocycles. The van der Waals surface area contributed by atoms with Crippen molar-refractivity contribution in [2.45, 2.75) is 72.4 Å². The second-order valence-electron chi connectivity index (χ2n) is 7.30. The van der Waals surface area contributed by atoms with Crippen LogP contribution >= 0.6 is 22.7 Å². The maximum absolute atomic E-state index is 10.0. The van der Waals surface area contributed by atoms with E-state index in [0.717, 1.165) is 12.1 Å². The van der Waals surface area contributed by atoms with Crippen molar-refractivity contribution in [1.29, 1.82) is 0 Å². The first-order chi connectivity index (χ1) is 13.1. The summed E-state index contributed by atoms with van der Waals surface area (Å²) in [5.74, 6) is 0. The van der Waals surface area contributed by atoms with Crippen molar-refractivity contribution in [3.63, 3.8) is 0 Å². The fraction of sp³-hybridized carbons (Fsp3) is 0.478. The minimum atomic E-state index is 0.0904. The van der Waals surface area contributed by atoms with Crippen LogP contribution in [-0.4, -0.2) is 9.67 Å². The smallest absolute Gasteiger partial charge is 0.0703 e.